The van der Waals surface area contributed by atoms with Crippen LogP contribution in [0.3, 0.4) is 0 Å². The Morgan fingerprint density at radius 1 is 1.07 bits per heavy atom. The SMILES string of the molecule is Cc1c(C(=O)N2CCC(NC(=O)c3ccccc3)CC2)cccc1[N+](=O)[O-]. The molecule has 27 heavy (non-hydrogen) atoms. The molecule has 2 aromatic carbocycles. The molecule has 1 fully saturated rings. The summed E-state index contributed by atoms with van der Waals surface area (Å²) in [4.78, 5) is 37.3. The first-order valence-corrected chi connectivity index (χ1v) is 8.86. The molecule has 2 amide bonds. The number of nitro benzene ring substituents is 1. The van der Waals surface area contributed by atoms with Gasteiger partial charge in [-0.3, -0.25) is 19.7 Å². The van der Waals surface area contributed by atoms with Gasteiger partial charge in [0.15, 0.2) is 0 Å². The van der Waals surface area contributed by atoms with Crippen molar-refractivity contribution in [3.05, 3.63) is 75.3 Å². The number of rotatable bonds is 4. The fourth-order valence-corrected chi connectivity index (χ4v) is 3.31. The third-order valence-corrected chi connectivity index (χ3v) is 4.89. The van der Waals surface area contributed by atoms with Gasteiger partial charge in [0.1, 0.15) is 0 Å². The Hall–Kier alpha value is -3.22. The summed E-state index contributed by atoms with van der Waals surface area (Å²) in [6.45, 7) is 2.60. The molecule has 0 bridgehead atoms. The highest BCUT2D eigenvalue weighted by Crippen LogP contribution is 2.23. The van der Waals surface area contributed by atoms with E-state index < -0.39 is 4.92 Å². The van der Waals surface area contributed by atoms with Crippen molar-refractivity contribution in [1.82, 2.24) is 10.2 Å². The zero-order valence-electron chi connectivity index (χ0n) is 15.1. The molecule has 0 unspecified atom stereocenters. The molecule has 3 rings (SSSR count). The van der Waals surface area contributed by atoms with Gasteiger partial charge in [-0.25, -0.2) is 0 Å². The van der Waals surface area contributed by atoms with Crippen LogP contribution < -0.4 is 5.32 Å². The van der Waals surface area contributed by atoms with Crippen molar-refractivity contribution < 1.29 is 14.5 Å². The molecule has 0 spiro atoms. The number of nitrogens with zero attached hydrogens (tertiary/aromatic N) is 2. The van der Waals surface area contributed by atoms with Gasteiger partial charge in [0.2, 0.25) is 0 Å². The third kappa shape index (κ3) is 4.13. The van der Waals surface area contributed by atoms with E-state index in [0.717, 1.165) is 0 Å². The molecule has 0 radical (unpaired) electrons. The molecule has 7 nitrogen and oxygen atoms in total. The number of benzene rings is 2. The van der Waals surface area contributed by atoms with E-state index in [2.05, 4.69) is 5.32 Å². The zero-order valence-corrected chi connectivity index (χ0v) is 15.1. The first kappa shape index (κ1) is 18.6. The van der Waals surface area contributed by atoms with E-state index in [1.165, 1.54) is 12.1 Å². The van der Waals surface area contributed by atoms with E-state index in [1.807, 2.05) is 18.2 Å². The van der Waals surface area contributed by atoms with Crippen LogP contribution in [0.15, 0.2) is 48.5 Å². The number of hydrogen-bond acceptors (Lipinski definition) is 4. The lowest BCUT2D eigenvalue weighted by Crippen LogP contribution is -2.46. The summed E-state index contributed by atoms with van der Waals surface area (Å²) in [5.41, 5.74) is 1.30. The van der Waals surface area contributed by atoms with Crippen LogP contribution in [0.2, 0.25) is 0 Å². The largest absolute Gasteiger partial charge is 0.349 e. The molecular formula is C20H21N3O4. The van der Waals surface area contributed by atoms with E-state index in [0.29, 0.717) is 42.6 Å². The summed E-state index contributed by atoms with van der Waals surface area (Å²) in [7, 11) is 0. The highest BCUT2D eigenvalue weighted by atomic mass is 16.6. The van der Waals surface area contributed by atoms with Gasteiger partial charge in [-0.15, -0.1) is 0 Å². The normalized spacial score (nSPS) is 14.6. The molecule has 140 valence electrons. The summed E-state index contributed by atoms with van der Waals surface area (Å²) < 4.78 is 0. The Bertz CT molecular complexity index is 859. The summed E-state index contributed by atoms with van der Waals surface area (Å²) >= 11 is 0. The van der Waals surface area contributed by atoms with Crippen LogP contribution in [-0.2, 0) is 0 Å². The van der Waals surface area contributed by atoms with Crippen LogP contribution in [0.5, 0.6) is 0 Å². The molecule has 0 aromatic heterocycles. The molecule has 1 aliphatic rings. The Balaban J connectivity index is 1.61. The highest BCUT2D eigenvalue weighted by molar-refractivity contribution is 5.97. The maximum Gasteiger partial charge on any atom is 0.273 e. The van der Waals surface area contributed by atoms with Gasteiger partial charge in [0.05, 0.1) is 4.92 Å². The van der Waals surface area contributed by atoms with Crippen LogP contribution >= 0.6 is 0 Å². The van der Waals surface area contributed by atoms with E-state index in [-0.39, 0.29) is 23.5 Å². The Morgan fingerprint density at radius 2 is 1.74 bits per heavy atom. The summed E-state index contributed by atoms with van der Waals surface area (Å²) in [6, 6.07) is 13.6. The maximum atomic E-state index is 12.8. The molecule has 7 heteroatoms. The topological polar surface area (TPSA) is 92.6 Å². The van der Waals surface area contributed by atoms with Crippen molar-refractivity contribution in [3.8, 4) is 0 Å². The van der Waals surface area contributed by atoms with Gasteiger partial charge in [-0.05, 0) is 38.0 Å². The molecule has 0 aliphatic carbocycles. The standard InChI is InChI=1S/C20H21N3O4/c1-14-17(8-5-9-18(14)23(26)27)20(25)22-12-10-16(11-13-22)21-19(24)15-6-3-2-4-7-15/h2-9,16H,10-13H2,1H3,(H,21,24). The minimum atomic E-state index is -0.475. The van der Waals surface area contributed by atoms with Crippen LogP contribution in [0.25, 0.3) is 0 Å². The molecule has 2 aromatic rings. The van der Waals surface area contributed by atoms with Gasteiger partial charge < -0.3 is 10.2 Å². The Morgan fingerprint density at radius 3 is 2.37 bits per heavy atom. The smallest absolute Gasteiger partial charge is 0.273 e. The van der Waals surface area contributed by atoms with Gasteiger partial charge in [0, 0.05) is 41.9 Å². The van der Waals surface area contributed by atoms with E-state index >= 15 is 0 Å². The van der Waals surface area contributed by atoms with Gasteiger partial charge in [0.25, 0.3) is 17.5 Å². The molecule has 1 N–H and O–H groups in total. The van der Waals surface area contributed by atoms with Crippen molar-refractivity contribution in [2.24, 2.45) is 0 Å². The quantitative estimate of drug-likeness (QED) is 0.664. The van der Waals surface area contributed by atoms with Crippen molar-refractivity contribution in [2.45, 2.75) is 25.8 Å². The average molecular weight is 367 g/mol. The number of carbonyl (C=O) groups excluding carboxylic acids is 2. The second kappa shape index (κ2) is 7.99. The first-order valence-electron chi connectivity index (χ1n) is 8.86. The summed E-state index contributed by atoms with van der Waals surface area (Å²) in [5, 5.41) is 14.1. The zero-order chi connectivity index (χ0) is 19.4. The molecule has 0 saturated carbocycles. The lowest BCUT2D eigenvalue weighted by atomic mass is 10.0. The number of piperidine rings is 1. The third-order valence-electron chi connectivity index (χ3n) is 4.89. The second-order valence-corrected chi connectivity index (χ2v) is 6.61. The number of hydrogen-bond donors (Lipinski definition) is 1. The van der Waals surface area contributed by atoms with Gasteiger partial charge in [-0.2, -0.15) is 0 Å². The first-order chi connectivity index (χ1) is 13.0. The lowest BCUT2D eigenvalue weighted by Gasteiger charge is -2.32. The number of nitrogens with one attached hydrogen (secondary N) is 1. The van der Waals surface area contributed by atoms with Crippen LogP contribution in [0.1, 0.15) is 39.1 Å². The molecule has 1 aliphatic heterocycles. The fraction of sp³-hybridized carbons (Fsp3) is 0.300. The fourth-order valence-electron chi connectivity index (χ4n) is 3.31. The van der Waals surface area contributed by atoms with Crippen molar-refractivity contribution in [1.29, 1.82) is 0 Å². The van der Waals surface area contributed by atoms with Crippen LogP contribution in [-0.4, -0.2) is 40.8 Å². The molecular weight excluding hydrogens is 346 g/mol. The number of carbonyl (C=O) groups is 2. The van der Waals surface area contributed by atoms with Crippen molar-refractivity contribution in [2.75, 3.05) is 13.1 Å². The summed E-state index contributed by atoms with van der Waals surface area (Å²) in [6.07, 6.45) is 1.30. The highest BCUT2D eigenvalue weighted by Gasteiger charge is 2.27. The summed E-state index contributed by atoms with van der Waals surface area (Å²) in [5.74, 6) is -0.320. The van der Waals surface area contributed by atoms with Gasteiger partial charge >= 0.3 is 0 Å². The predicted octanol–water partition coefficient (Wildman–Crippen LogP) is 2.94. The average Bonchev–Trinajstić information content (AvgIpc) is 2.68. The number of amides is 2. The minimum absolute atomic E-state index is 0.00737. The molecule has 1 saturated heterocycles. The predicted molar refractivity (Wildman–Crippen MR) is 101 cm³/mol. The van der Waals surface area contributed by atoms with Crippen LogP contribution in [0.4, 0.5) is 5.69 Å². The van der Waals surface area contributed by atoms with Crippen molar-refractivity contribution >= 4 is 17.5 Å². The number of likely N-dealkylation sites (tertiary alicyclic amines) is 1. The Labute approximate surface area is 157 Å². The molecule has 1 heterocycles. The van der Waals surface area contributed by atoms with Crippen LogP contribution in [0, 0.1) is 17.0 Å². The maximum absolute atomic E-state index is 12.8. The second-order valence-electron chi connectivity index (χ2n) is 6.61. The monoisotopic (exact) mass is 367 g/mol. The Kier molecular flexibility index (Phi) is 5.49. The lowest BCUT2D eigenvalue weighted by molar-refractivity contribution is -0.385. The molecule has 0 atom stereocenters. The minimum Gasteiger partial charge on any atom is -0.349 e. The van der Waals surface area contributed by atoms with E-state index in [1.54, 1.807) is 30.0 Å². The van der Waals surface area contributed by atoms with E-state index in [4.69, 9.17) is 0 Å². The van der Waals surface area contributed by atoms with E-state index in [9.17, 15) is 19.7 Å². The van der Waals surface area contributed by atoms with Gasteiger partial charge in [-0.1, -0.05) is 24.3 Å². The van der Waals surface area contributed by atoms with Crippen molar-refractivity contribution in [3.63, 3.8) is 0 Å². The number of nitro groups is 1.